The third-order valence-electron chi connectivity index (χ3n) is 3.78. The van der Waals surface area contributed by atoms with Crippen molar-refractivity contribution in [2.45, 2.75) is 13.5 Å². The summed E-state index contributed by atoms with van der Waals surface area (Å²) in [7, 11) is 0. The molecule has 0 spiro atoms. The molecule has 0 amide bonds. The van der Waals surface area contributed by atoms with Crippen molar-refractivity contribution in [1.82, 2.24) is 14.9 Å². The van der Waals surface area contributed by atoms with Crippen molar-refractivity contribution in [1.29, 1.82) is 0 Å². The summed E-state index contributed by atoms with van der Waals surface area (Å²) in [6.45, 7) is 7.13. The largest absolute Gasteiger partial charge is 0.353 e. The van der Waals surface area contributed by atoms with Crippen LogP contribution in [0.4, 0.5) is 5.82 Å². The van der Waals surface area contributed by atoms with Crippen LogP contribution in [0.5, 0.6) is 0 Å². The predicted octanol–water partition coefficient (Wildman–Crippen LogP) is 2.76. The van der Waals surface area contributed by atoms with Gasteiger partial charge in [-0.25, -0.2) is 4.98 Å². The van der Waals surface area contributed by atoms with Crippen molar-refractivity contribution in [3.8, 4) is 0 Å². The van der Waals surface area contributed by atoms with Crippen molar-refractivity contribution >= 4 is 17.4 Å². The van der Waals surface area contributed by atoms with Crippen LogP contribution in [-0.4, -0.2) is 41.0 Å². The molecular weight excluding hydrogens is 284 g/mol. The molecule has 1 aromatic heterocycles. The molecule has 2 heterocycles. The number of piperazine rings is 1. The first-order valence-corrected chi connectivity index (χ1v) is 7.59. The molecule has 4 nitrogen and oxygen atoms in total. The van der Waals surface area contributed by atoms with Gasteiger partial charge in [-0.2, -0.15) is 0 Å². The molecule has 0 N–H and O–H groups in total. The molecule has 5 heteroatoms. The van der Waals surface area contributed by atoms with Crippen molar-refractivity contribution in [3.05, 3.63) is 52.9 Å². The molecule has 1 aliphatic heterocycles. The van der Waals surface area contributed by atoms with Crippen molar-refractivity contribution in [3.63, 3.8) is 0 Å². The van der Waals surface area contributed by atoms with Gasteiger partial charge in [0.05, 0.1) is 12.4 Å². The Morgan fingerprint density at radius 2 is 1.95 bits per heavy atom. The number of halogens is 1. The van der Waals surface area contributed by atoms with E-state index >= 15 is 0 Å². The second-order valence-electron chi connectivity index (χ2n) is 5.45. The lowest BCUT2D eigenvalue weighted by molar-refractivity contribution is 0.249. The average molecular weight is 303 g/mol. The normalized spacial score (nSPS) is 16.2. The van der Waals surface area contributed by atoms with Gasteiger partial charge in [0, 0.05) is 32.7 Å². The molecule has 0 radical (unpaired) electrons. The number of nitrogens with zero attached hydrogens (tertiary/aromatic N) is 4. The van der Waals surface area contributed by atoms with Crippen LogP contribution in [0.2, 0.25) is 5.15 Å². The fourth-order valence-corrected chi connectivity index (χ4v) is 2.83. The van der Waals surface area contributed by atoms with Crippen LogP contribution >= 0.6 is 11.6 Å². The Morgan fingerprint density at radius 3 is 2.67 bits per heavy atom. The molecule has 3 rings (SSSR count). The number of hydrogen-bond donors (Lipinski definition) is 0. The van der Waals surface area contributed by atoms with E-state index in [2.05, 4.69) is 51.0 Å². The molecule has 2 aromatic rings. The Balaban J connectivity index is 1.58. The minimum atomic E-state index is 0.453. The number of rotatable bonds is 3. The SMILES string of the molecule is Cc1cccc(CN2CCN(c3cncc(Cl)n3)CC2)c1. The van der Waals surface area contributed by atoms with E-state index in [0.29, 0.717) is 5.15 Å². The summed E-state index contributed by atoms with van der Waals surface area (Å²) in [4.78, 5) is 13.2. The third kappa shape index (κ3) is 3.71. The van der Waals surface area contributed by atoms with E-state index in [1.54, 1.807) is 12.4 Å². The summed E-state index contributed by atoms with van der Waals surface area (Å²) in [6, 6.07) is 8.72. The molecule has 0 bridgehead atoms. The molecule has 1 saturated heterocycles. The quantitative estimate of drug-likeness (QED) is 0.873. The van der Waals surface area contributed by atoms with Crippen LogP contribution in [0.3, 0.4) is 0 Å². The lowest BCUT2D eigenvalue weighted by Crippen LogP contribution is -2.46. The van der Waals surface area contributed by atoms with Gasteiger partial charge in [-0.15, -0.1) is 0 Å². The monoisotopic (exact) mass is 302 g/mol. The summed E-state index contributed by atoms with van der Waals surface area (Å²) < 4.78 is 0. The molecule has 110 valence electrons. The highest BCUT2D eigenvalue weighted by atomic mass is 35.5. The molecule has 0 aliphatic carbocycles. The fraction of sp³-hybridized carbons (Fsp3) is 0.375. The zero-order valence-corrected chi connectivity index (χ0v) is 12.9. The molecule has 0 unspecified atom stereocenters. The first-order chi connectivity index (χ1) is 10.2. The van der Waals surface area contributed by atoms with Gasteiger partial charge in [-0.1, -0.05) is 41.4 Å². The summed E-state index contributed by atoms with van der Waals surface area (Å²) in [5.41, 5.74) is 2.70. The van der Waals surface area contributed by atoms with Gasteiger partial charge in [0.25, 0.3) is 0 Å². The second kappa shape index (κ2) is 6.41. The lowest BCUT2D eigenvalue weighted by Gasteiger charge is -2.35. The Bertz CT molecular complexity index is 609. The van der Waals surface area contributed by atoms with Gasteiger partial charge >= 0.3 is 0 Å². The van der Waals surface area contributed by atoms with E-state index in [9.17, 15) is 0 Å². The summed E-state index contributed by atoms with van der Waals surface area (Å²) >= 11 is 5.90. The van der Waals surface area contributed by atoms with Gasteiger partial charge in [0.15, 0.2) is 0 Å². The minimum absolute atomic E-state index is 0.453. The number of hydrogen-bond acceptors (Lipinski definition) is 4. The summed E-state index contributed by atoms with van der Waals surface area (Å²) in [5, 5.41) is 0.453. The number of aryl methyl sites for hydroxylation is 1. The lowest BCUT2D eigenvalue weighted by atomic mass is 10.1. The van der Waals surface area contributed by atoms with Crippen molar-refractivity contribution < 1.29 is 0 Å². The van der Waals surface area contributed by atoms with E-state index in [1.807, 2.05) is 0 Å². The molecule has 0 saturated carbocycles. The van der Waals surface area contributed by atoms with Gasteiger partial charge in [-0.3, -0.25) is 9.88 Å². The Morgan fingerprint density at radius 1 is 1.14 bits per heavy atom. The van der Waals surface area contributed by atoms with E-state index in [4.69, 9.17) is 11.6 Å². The Labute approximate surface area is 130 Å². The van der Waals surface area contributed by atoms with Gasteiger partial charge in [0.1, 0.15) is 11.0 Å². The highest BCUT2D eigenvalue weighted by Crippen LogP contribution is 2.16. The van der Waals surface area contributed by atoms with Crippen LogP contribution < -0.4 is 4.90 Å². The van der Waals surface area contributed by atoms with Crippen LogP contribution in [-0.2, 0) is 6.54 Å². The topological polar surface area (TPSA) is 32.3 Å². The molecule has 1 fully saturated rings. The van der Waals surface area contributed by atoms with Gasteiger partial charge in [0.2, 0.25) is 0 Å². The highest BCUT2D eigenvalue weighted by molar-refractivity contribution is 6.29. The Hall–Kier alpha value is -1.65. The van der Waals surface area contributed by atoms with Crippen molar-refractivity contribution in [2.24, 2.45) is 0 Å². The average Bonchev–Trinajstić information content (AvgIpc) is 2.48. The van der Waals surface area contributed by atoms with E-state index in [1.165, 1.54) is 11.1 Å². The van der Waals surface area contributed by atoms with Crippen LogP contribution in [0.15, 0.2) is 36.7 Å². The fourth-order valence-electron chi connectivity index (χ4n) is 2.69. The van der Waals surface area contributed by atoms with Gasteiger partial charge in [-0.05, 0) is 12.5 Å². The van der Waals surface area contributed by atoms with Crippen LogP contribution in [0.1, 0.15) is 11.1 Å². The minimum Gasteiger partial charge on any atom is -0.353 e. The third-order valence-corrected chi connectivity index (χ3v) is 3.96. The molecular formula is C16H19ClN4. The van der Waals surface area contributed by atoms with Crippen LogP contribution in [0.25, 0.3) is 0 Å². The van der Waals surface area contributed by atoms with Gasteiger partial charge < -0.3 is 4.90 Å². The van der Waals surface area contributed by atoms with Crippen molar-refractivity contribution in [2.75, 3.05) is 31.1 Å². The standard InChI is InChI=1S/C16H19ClN4/c1-13-3-2-4-14(9-13)12-20-5-7-21(8-6-20)16-11-18-10-15(17)19-16/h2-4,9-11H,5-8,12H2,1H3. The maximum atomic E-state index is 5.90. The zero-order chi connectivity index (χ0) is 14.7. The van der Waals surface area contributed by atoms with E-state index in [-0.39, 0.29) is 0 Å². The number of benzene rings is 1. The summed E-state index contributed by atoms with van der Waals surface area (Å²) in [5.74, 6) is 0.873. The second-order valence-corrected chi connectivity index (χ2v) is 5.84. The maximum absolute atomic E-state index is 5.90. The first-order valence-electron chi connectivity index (χ1n) is 7.21. The smallest absolute Gasteiger partial charge is 0.149 e. The maximum Gasteiger partial charge on any atom is 0.149 e. The molecule has 1 aliphatic rings. The molecule has 1 aromatic carbocycles. The zero-order valence-electron chi connectivity index (χ0n) is 12.2. The Kier molecular flexibility index (Phi) is 4.36. The number of aromatic nitrogens is 2. The first kappa shape index (κ1) is 14.3. The summed E-state index contributed by atoms with van der Waals surface area (Å²) in [6.07, 6.45) is 3.35. The predicted molar refractivity (Wildman–Crippen MR) is 85.7 cm³/mol. The molecule has 0 atom stereocenters. The molecule has 21 heavy (non-hydrogen) atoms. The highest BCUT2D eigenvalue weighted by Gasteiger charge is 2.18. The van der Waals surface area contributed by atoms with E-state index < -0.39 is 0 Å². The number of anilines is 1. The van der Waals surface area contributed by atoms with Crippen LogP contribution in [0, 0.1) is 6.92 Å². The van der Waals surface area contributed by atoms with E-state index in [0.717, 1.165) is 38.5 Å².